The first-order valence-corrected chi connectivity index (χ1v) is 11.0. The summed E-state index contributed by atoms with van der Waals surface area (Å²) < 4.78 is 0. The van der Waals surface area contributed by atoms with Gasteiger partial charge in [-0.3, -0.25) is 19.4 Å². The number of aliphatic hydroxyl groups excluding tert-OH is 1. The Kier molecular flexibility index (Phi) is 5.89. The monoisotopic (exact) mass is 411 g/mol. The van der Waals surface area contributed by atoms with E-state index in [4.69, 9.17) is 0 Å². The van der Waals surface area contributed by atoms with Crippen LogP contribution in [0, 0.1) is 0 Å². The van der Waals surface area contributed by atoms with Crippen LogP contribution in [0.15, 0.2) is 53.4 Å². The highest BCUT2D eigenvalue weighted by molar-refractivity contribution is 7.98. The molecule has 7 heteroatoms. The first-order valence-electron chi connectivity index (χ1n) is 9.82. The zero-order chi connectivity index (χ0) is 20.4. The lowest BCUT2D eigenvalue weighted by molar-refractivity contribution is 0.0469. The van der Waals surface area contributed by atoms with E-state index in [-0.39, 0.29) is 18.4 Å². The zero-order valence-electron chi connectivity index (χ0n) is 16.5. The average molecular weight is 412 g/mol. The molecule has 1 unspecified atom stereocenters. The molecule has 6 nitrogen and oxygen atoms in total. The molecule has 0 aliphatic carbocycles. The number of carbonyl (C=O) groups is 2. The van der Waals surface area contributed by atoms with E-state index in [2.05, 4.69) is 40.3 Å². The Bertz CT molecular complexity index is 877. The van der Waals surface area contributed by atoms with E-state index in [1.807, 2.05) is 0 Å². The molecule has 2 aliphatic heterocycles. The SMILES string of the molecule is CSc1ccccc1N1CCN(CC(O)CN2C(=O)c3ccccc3C2=O)CC1. The standard InChI is InChI=1S/C22H25N3O3S/c1-29-20-9-5-4-8-19(20)24-12-10-23(11-13-24)14-16(26)15-25-21(27)17-6-2-3-7-18(17)22(25)28/h2-9,16,26H,10-15H2,1H3. The number of aliphatic hydroxyl groups is 1. The number of nitrogens with zero attached hydrogens (tertiary/aromatic N) is 3. The number of imide groups is 1. The minimum atomic E-state index is -0.762. The van der Waals surface area contributed by atoms with E-state index < -0.39 is 6.10 Å². The van der Waals surface area contributed by atoms with Gasteiger partial charge in [-0.1, -0.05) is 24.3 Å². The molecule has 2 aromatic rings. The summed E-state index contributed by atoms with van der Waals surface area (Å²) >= 11 is 1.75. The van der Waals surface area contributed by atoms with Crippen LogP contribution < -0.4 is 4.90 Å². The zero-order valence-corrected chi connectivity index (χ0v) is 17.3. The third-order valence-electron chi connectivity index (χ3n) is 5.54. The van der Waals surface area contributed by atoms with Gasteiger partial charge in [-0.2, -0.15) is 0 Å². The van der Waals surface area contributed by atoms with Gasteiger partial charge in [-0.05, 0) is 30.5 Å². The van der Waals surface area contributed by atoms with Crippen LogP contribution in [0.4, 0.5) is 5.69 Å². The third kappa shape index (κ3) is 4.03. The summed E-state index contributed by atoms with van der Waals surface area (Å²) in [5, 5.41) is 10.5. The summed E-state index contributed by atoms with van der Waals surface area (Å²) in [6.45, 7) is 3.92. The fraction of sp³-hybridized carbons (Fsp3) is 0.364. The van der Waals surface area contributed by atoms with Gasteiger partial charge in [-0.25, -0.2) is 0 Å². The second kappa shape index (κ2) is 8.57. The number of anilines is 1. The number of para-hydroxylation sites is 1. The first-order chi connectivity index (χ1) is 14.1. The van der Waals surface area contributed by atoms with E-state index in [1.165, 1.54) is 15.5 Å². The Labute approximate surface area is 175 Å². The number of piperazine rings is 1. The van der Waals surface area contributed by atoms with E-state index in [1.54, 1.807) is 36.0 Å². The lowest BCUT2D eigenvalue weighted by atomic mass is 10.1. The van der Waals surface area contributed by atoms with Crippen LogP contribution in [0.5, 0.6) is 0 Å². The summed E-state index contributed by atoms with van der Waals surface area (Å²) in [6, 6.07) is 15.2. The van der Waals surface area contributed by atoms with Crippen LogP contribution in [0.2, 0.25) is 0 Å². The van der Waals surface area contributed by atoms with Gasteiger partial charge in [0, 0.05) is 37.6 Å². The lowest BCUT2D eigenvalue weighted by Gasteiger charge is -2.37. The fourth-order valence-electron chi connectivity index (χ4n) is 4.03. The van der Waals surface area contributed by atoms with E-state index in [9.17, 15) is 14.7 Å². The Hall–Kier alpha value is -2.35. The van der Waals surface area contributed by atoms with Gasteiger partial charge < -0.3 is 10.0 Å². The van der Waals surface area contributed by atoms with E-state index >= 15 is 0 Å². The van der Waals surface area contributed by atoms with Gasteiger partial charge in [0.1, 0.15) is 0 Å². The summed E-state index contributed by atoms with van der Waals surface area (Å²) in [7, 11) is 0. The van der Waals surface area contributed by atoms with Gasteiger partial charge in [0.2, 0.25) is 0 Å². The minimum Gasteiger partial charge on any atom is -0.390 e. The molecular formula is C22H25N3O3S. The van der Waals surface area contributed by atoms with Crippen molar-refractivity contribution in [3.63, 3.8) is 0 Å². The van der Waals surface area contributed by atoms with Crippen LogP contribution in [-0.4, -0.2) is 78.3 Å². The smallest absolute Gasteiger partial charge is 0.261 e. The van der Waals surface area contributed by atoms with Crippen LogP contribution in [-0.2, 0) is 0 Å². The van der Waals surface area contributed by atoms with Crippen molar-refractivity contribution < 1.29 is 14.7 Å². The number of hydrogen-bond acceptors (Lipinski definition) is 6. The summed E-state index contributed by atoms with van der Waals surface area (Å²) in [5.74, 6) is -0.633. The molecule has 0 bridgehead atoms. The third-order valence-corrected chi connectivity index (χ3v) is 6.32. The molecule has 152 valence electrons. The summed E-state index contributed by atoms with van der Waals surface area (Å²) in [4.78, 5) is 31.9. The maximum Gasteiger partial charge on any atom is 0.261 e. The number of benzene rings is 2. The molecule has 2 aliphatic rings. The number of hydrogen-bond donors (Lipinski definition) is 1. The number of β-amino-alcohol motifs (C(OH)–C–C–N with tert-alkyl or cyclic N) is 1. The van der Waals surface area contributed by atoms with Gasteiger partial charge >= 0.3 is 0 Å². The molecule has 1 fully saturated rings. The van der Waals surface area contributed by atoms with Gasteiger partial charge in [0.25, 0.3) is 11.8 Å². The Morgan fingerprint density at radius 3 is 2.10 bits per heavy atom. The highest BCUT2D eigenvalue weighted by Crippen LogP contribution is 2.29. The number of fused-ring (bicyclic) bond motifs is 1. The average Bonchev–Trinajstić information content (AvgIpc) is 2.99. The molecule has 2 amide bonds. The quantitative estimate of drug-likeness (QED) is 0.581. The van der Waals surface area contributed by atoms with Crippen molar-refractivity contribution in [1.82, 2.24) is 9.80 Å². The number of rotatable bonds is 6. The molecule has 0 radical (unpaired) electrons. The number of carbonyl (C=O) groups excluding carboxylic acids is 2. The normalized spacial score (nSPS) is 18.3. The maximum atomic E-state index is 12.5. The van der Waals surface area contributed by atoms with Crippen molar-refractivity contribution in [2.45, 2.75) is 11.0 Å². The second-order valence-corrected chi connectivity index (χ2v) is 8.23. The molecule has 1 N–H and O–H groups in total. The molecule has 2 aromatic carbocycles. The van der Waals surface area contributed by atoms with Gasteiger partial charge in [0.15, 0.2) is 0 Å². The first kappa shape index (κ1) is 19.9. The van der Waals surface area contributed by atoms with Crippen LogP contribution in [0.25, 0.3) is 0 Å². The topological polar surface area (TPSA) is 64.1 Å². The predicted molar refractivity (Wildman–Crippen MR) is 115 cm³/mol. The number of thioether (sulfide) groups is 1. The van der Waals surface area contributed by atoms with Gasteiger partial charge in [0.05, 0.1) is 29.5 Å². The van der Waals surface area contributed by atoms with Crippen molar-refractivity contribution >= 4 is 29.3 Å². The molecule has 29 heavy (non-hydrogen) atoms. The van der Waals surface area contributed by atoms with E-state index in [0.29, 0.717) is 17.7 Å². The molecular weight excluding hydrogens is 386 g/mol. The summed E-state index contributed by atoms with van der Waals surface area (Å²) in [5.41, 5.74) is 2.10. The Morgan fingerprint density at radius 1 is 0.897 bits per heavy atom. The molecule has 1 saturated heterocycles. The second-order valence-electron chi connectivity index (χ2n) is 7.38. The minimum absolute atomic E-state index is 0.0296. The molecule has 2 heterocycles. The van der Waals surface area contributed by atoms with Gasteiger partial charge in [-0.15, -0.1) is 11.8 Å². The molecule has 1 atom stereocenters. The van der Waals surface area contributed by atoms with Crippen molar-refractivity contribution in [2.24, 2.45) is 0 Å². The lowest BCUT2D eigenvalue weighted by Crippen LogP contribution is -2.50. The highest BCUT2D eigenvalue weighted by atomic mass is 32.2. The maximum absolute atomic E-state index is 12.5. The molecule has 4 rings (SSSR count). The van der Waals surface area contributed by atoms with Crippen molar-refractivity contribution in [2.75, 3.05) is 50.4 Å². The van der Waals surface area contributed by atoms with Crippen LogP contribution >= 0.6 is 11.8 Å². The van der Waals surface area contributed by atoms with E-state index in [0.717, 1.165) is 26.2 Å². The van der Waals surface area contributed by atoms with Crippen LogP contribution in [0.1, 0.15) is 20.7 Å². The fourth-order valence-corrected chi connectivity index (χ4v) is 4.65. The van der Waals surface area contributed by atoms with Crippen molar-refractivity contribution in [3.8, 4) is 0 Å². The summed E-state index contributed by atoms with van der Waals surface area (Å²) in [6.07, 6.45) is 1.33. The highest BCUT2D eigenvalue weighted by Gasteiger charge is 2.36. The Balaban J connectivity index is 1.31. The molecule has 0 spiro atoms. The largest absolute Gasteiger partial charge is 0.390 e. The van der Waals surface area contributed by atoms with Crippen molar-refractivity contribution in [1.29, 1.82) is 0 Å². The molecule has 0 saturated carbocycles. The van der Waals surface area contributed by atoms with Crippen LogP contribution in [0.3, 0.4) is 0 Å². The molecule has 0 aromatic heterocycles. The predicted octanol–water partition coefficient (Wildman–Crippen LogP) is 2.19. The Morgan fingerprint density at radius 2 is 1.48 bits per heavy atom. The number of amides is 2. The van der Waals surface area contributed by atoms with Crippen molar-refractivity contribution in [3.05, 3.63) is 59.7 Å².